The van der Waals surface area contributed by atoms with Crippen LogP contribution in [0.5, 0.6) is 5.75 Å². The third-order valence-electron chi connectivity index (χ3n) is 3.58. The quantitative estimate of drug-likeness (QED) is 0.853. The number of hydrogen-bond donors (Lipinski definition) is 1. The van der Waals surface area contributed by atoms with Crippen LogP contribution >= 0.6 is 11.8 Å². The number of hydrogen-bond acceptors (Lipinski definition) is 3. The largest absolute Gasteiger partial charge is 0.488 e. The summed E-state index contributed by atoms with van der Waals surface area (Å²) in [4.78, 5) is 1.28. The molecule has 0 aromatic heterocycles. The fourth-order valence-corrected chi connectivity index (χ4v) is 3.15. The molecule has 2 aromatic carbocycles. The first-order valence-electron chi connectivity index (χ1n) is 6.89. The lowest BCUT2D eigenvalue weighted by atomic mass is 10.1. The lowest BCUT2D eigenvalue weighted by Gasteiger charge is -2.14. The highest BCUT2D eigenvalue weighted by Gasteiger charge is 2.22. The molecule has 104 valence electrons. The Labute approximate surface area is 124 Å². The Morgan fingerprint density at radius 1 is 1.25 bits per heavy atom. The maximum Gasteiger partial charge on any atom is 0.123 e. The van der Waals surface area contributed by atoms with E-state index >= 15 is 0 Å². The van der Waals surface area contributed by atoms with Crippen molar-refractivity contribution in [2.45, 2.75) is 24.3 Å². The standard InChI is InChI=1S/C17H19NOS/c1-12-7-8-16-13(9-12)10-14(19-16)11-18-15-5-3-4-6-17(15)20-2/h3-9,14,18H,10-11H2,1-2H3. The number of anilines is 1. The van der Waals surface area contributed by atoms with Gasteiger partial charge in [-0.2, -0.15) is 0 Å². The average molecular weight is 285 g/mol. The van der Waals surface area contributed by atoms with Crippen LogP contribution in [-0.4, -0.2) is 18.9 Å². The molecule has 1 unspecified atom stereocenters. The van der Waals surface area contributed by atoms with E-state index in [-0.39, 0.29) is 6.10 Å². The Morgan fingerprint density at radius 3 is 2.95 bits per heavy atom. The molecule has 0 saturated carbocycles. The molecule has 1 N–H and O–H groups in total. The summed E-state index contributed by atoms with van der Waals surface area (Å²) in [6.07, 6.45) is 3.32. The average Bonchev–Trinajstić information content (AvgIpc) is 2.87. The number of fused-ring (bicyclic) bond motifs is 1. The van der Waals surface area contributed by atoms with Crippen LogP contribution in [0.15, 0.2) is 47.4 Å². The van der Waals surface area contributed by atoms with Crippen molar-refractivity contribution in [2.75, 3.05) is 18.1 Å². The van der Waals surface area contributed by atoms with E-state index in [9.17, 15) is 0 Å². The topological polar surface area (TPSA) is 21.3 Å². The number of para-hydroxylation sites is 1. The Balaban J connectivity index is 1.64. The zero-order chi connectivity index (χ0) is 13.9. The van der Waals surface area contributed by atoms with Crippen LogP contribution in [-0.2, 0) is 6.42 Å². The molecule has 2 nitrogen and oxygen atoms in total. The molecule has 1 heterocycles. The van der Waals surface area contributed by atoms with Crippen LogP contribution in [0.25, 0.3) is 0 Å². The molecule has 3 rings (SSSR count). The number of thioether (sulfide) groups is 1. The maximum atomic E-state index is 5.99. The Bertz CT molecular complexity index is 612. The van der Waals surface area contributed by atoms with Crippen molar-refractivity contribution >= 4 is 17.4 Å². The molecule has 0 aliphatic carbocycles. The van der Waals surface area contributed by atoms with Gasteiger partial charge < -0.3 is 10.1 Å². The van der Waals surface area contributed by atoms with E-state index in [1.165, 1.54) is 21.7 Å². The molecule has 2 aromatic rings. The number of nitrogens with one attached hydrogen (secondary N) is 1. The van der Waals surface area contributed by atoms with Gasteiger partial charge in [-0.3, -0.25) is 0 Å². The molecule has 0 radical (unpaired) electrons. The van der Waals surface area contributed by atoms with Crippen LogP contribution in [0.4, 0.5) is 5.69 Å². The monoisotopic (exact) mass is 285 g/mol. The molecular weight excluding hydrogens is 266 g/mol. The van der Waals surface area contributed by atoms with Gasteiger partial charge in [0.05, 0.1) is 6.54 Å². The first-order chi connectivity index (χ1) is 9.76. The van der Waals surface area contributed by atoms with E-state index in [1.54, 1.807) is 11.8 Å². The molecule has 0 saturated heterocycles. The Morgan fingerprint density at radius 2 is 2.10 bits per heavy atom. The van der Waals surface area contributed by atoms with Crippen LogP contribution in [0.2, 0.25) is 0 Å². The molecule has 0 amide bonds. The predicted molar refractivity (Wildman–Crippen MR) is 86.0 cm³/mol. The molecule has 20 heavy (non-hydrogen) atoms. The second-order valence-corrected chi connectivity index (χ2v) is 5.98. The minimum atomic E-state index is 0.224. The van der Waals surface area contributed by atoms with Gasteiger partial charge in [-0.05, 0) is 36.9 Å². The zero-order valence-electron chi connectivity index (χ0n) is 11.8. The molecule has 3 heteroatoms. The fraction of sp³-hybridized carbons (Fsp3) is 0.294. The summed E-state index contributed by atoms with van der Waals surface area (Å²) in [5, 5.41) is 3.51. The molecule has 0 bridgehead atoms. The summed E-state index contributed by atoms with van der Waals surface area (Å²) in [6.45, 7) is 2.96. The fourth-order valence-electron chi connectivity index (χ4n) is 2.58. The van der Waals surface area contributed by atoms with Gasteiger partial charge in [0.25, 0.3) is 0 Å². The van der Waals surface area contributed by atoms with Gasteiger partial charge in [0.1, 0.15) is 11.9 Å². The highest BCUT2D eigenvalue weighted by atomic mass is 32.2. The third kappa shape index (κ3) is 2.78. The number of aryl methyl sites for hydroxylation is 1. The number of rotatable bonds is 4. The van der Waals surface area contributed by atoms with Gasteiger partial charge in [0.15, 0.2) is 0 Å². The van der Waals surface area contributed by atoms with E-state index in [2.05, 4.69) is 61.0 Å². The highest BCUT2D eigenvalue weighted by Crippen LogP contribution is 2.30. The normalized spacial score (nSPS) is 16.6. The lowest BCUT2D eigenvalue weighted by Crippen LogP contribution is -2.24. The van der Waals surface area contributed by atoms with Crippen molar-refractivity contribution in [1.29, 1.82) is 0 Å². The van der Waals surface area contributed by atoms with Crippen LogP contribution in [0, 0.1) is 6.92 Å². The molecule has 0 fully saturated rings. The van der Waals surface area contributed by atoms with E-state index in [4.69, 9.17) is 4.74 Å². The maximum absolute atomic E-state index is 5.99. The minimum absolute atomic E-state index is 0.224. The van der Waals surface area contributed by atoms with Gasteiger partial charge in [0, 0.05) is 17.0 Å². The summed E-state index contributed by atoms with van der Waals surface area (Å²) in [6, 6.07) is 14.8. The lowest BCUT2D eigenvalue weighted by molar-refractivity contribution is 0.246. The van der Waals surface area contributed by atoms with Crippen LogP contribution in [0.1, 0.15) is 11.1 Å². The second-order valence-electron chi connectivity index (χ2n) is 5.14. The highest BCUT2D eigenvalue weighted by molar-refractivity contribution is 7.98. The van der Waals surface area contributed by atoms with Crippen molar-refractivity contribution < 1.29 is 4.74 Å². The molecule has 1 aliphatic rings. The molecule has 1 aliphatic heterocycles. The summed E-state index contributed by atoms with van der Waals surface area (Å²) in [5.41, 5.74) is 3.82. The first kappa shape index (κ1) is 13.4. The number of benzene rings is 2. The van der Waals surface area contributed by atoms with Crippen molar-refractivity contribution in [2.24, 2.45) is 0 Å². The zero-order valence-corrected chi connectivity index (χ0v) is 12.7. The molecular formula is C17H19NOS. The van der Waals surface area contributed by atoms with Crippen molar-refractivity contribution in [1.82, 2.24) is 0 Å². The van der Waals surface area contributed by atoms with Gasteiger partial charge in [0.2, 0.25) is 0 Å². The van der Waals surface area contributed by atoms with E-state index in [0.29, 0.717) is 0 Å². The van der Waals surface area contributed by atoms with Gasteiger partial charge in [-0.15, -0.1) is 11.8 Å². The smallest absolute Gasteiger partial charge is 0.123 e. The summed E-state index contributed by atoms with van der Waals surface area (Å²) < 4.78 is 5.99. The Hall–Kier alpha value is -1.61. The van der Waals surface area contributed by atoms with E-state index in [0.717, 1.165) is 18.7 Å². The first-order valence-corrected chi connectivity index (χ1v) is 8.12. The van der Waals surface area contributed by atoms with Gasteiger partial charge in [-0.25, -0.2) is 0 Å². The minimum Gasteiger partial charge on any atom is -0.488 e. The van der Waals surface area contributed by atoms with Gasteiger partial charge >= 0.3 is 0 Å². The molecule has 1 atom stereocenters. The van der Waals surface area contributed by atoms with Crippen molar-refractivity contribution in [3.8, 4) is 5.75 Å². The third-order valence-corrected chi connectivity index (χ3v) is 4.38. The predicted octanol–water partition coefficient (Wildman–Crippen LogP) is 4.13. The summed E-state index contributed by atoms with van der Waals surface area (Å²) in [7, 11) is 0. The van der Waals surface area contributed by atoms with E-state index in [1.807, 2.05) is 0 Å². The van der Waals surface area contributed by atoms with Crippen LogP contribution < -0.4 is 10.1 Å². The SMILES string of the molecule is CSc1ccccc1NCC1Cc2cc(C)ccc2O1. The summed E-state index contributed by atoms with van der Waals surface area (Å²) in [5.74, 6) is 1.04. The summed E-state index contributed by atoms with van der Waals surface area (Å²) >= 11 is 1.76. The van der Waals surface area contributed by atoms with Crippen LogP contribution in [0.3, 0.4) is 0 Å². The van der Waals surface area contributed by atoms with Gasteiger partial charge in [-0.1, -0.05) is 29.8 Å². The number of ether oxygens (including phenoxy) is 1. The van der Waals surface area contributed by atoms with E-state index < -0.39 is 0 Å². The van der Waals surface area contributed by atoms with Crippen molar-refractivity contribution in [3.63, 3.8) is 0 Å². The Kier molecular flexibility index (Phi) is 3.88. The molecule has 0 spiro atoms. The van der Waals surface area contributed by atoms with Crippen molar-refractivity contribution in [3.05, 3.63) is 53.6 Å². The second kappa shape index (κ2) is 5.80.